The first kappa shape index (κ1) is 23.7. The SMILES string of the molecule is Cc1cc(N2CCOCC2)cc2[nH]c(-c3c(NCC(=O)c4cc(Br)c5c(c4)CCO5)cc[nH]c3=O)nc12. The smallest absolute Gasteiger partial charge is 0.261 e. The zero-order valence-corrected chi connectivity index (χ0v) is 21.9. The van der Waals surface area contributed by atoms with Gasteiger partial charge in [0.2, 0.25) is 0 Å². The monoisotopic (exact) mass is 563 g/mol. The topological polar surface area (TPSA) is 112 Å². The second-order valence-electron chi connectivity index (χ2n) is 9.26. The van der Waals surface area contributed by atoms with Crippen LogP contribution in [0.3, 0.4) is 0 Å². The molecule has 3 N–H and O–H groups in total. The third kappa shape index (κ3) is 4.51. The second kappa shape index (κ2) is 9.68. The van der Waals surface area contributed by atoms with Crippen LogP contribution in [-0.4, -0.2) is 60.2 Å². The molecule has 10 heteroatoms. The molecule has 9 nitrogen and oxygen atoms in total. The minimum Gasteiger partial charge on any atom is -0.492 e. The van der Waals surface area contributed by atoms with Crippen molar-refractivity contribution in [3.8, 4) is 17.1 Å². The van der Waals surface area contributed by atoms with Crippen LogP contribution in [0, 0.1) is 6.92 Å². The van der Waals surface area contributed by atoms with E-state index in [2.05, 4.69) is 48.2 Å². The van der Waals surface area contributed by atoms with Crippen LogP contribution in [0.5, 0.6) is 5.75 Å². The van der Waals surface area contributed by atoms with Crippen molar-refractivity contribution in [2.45, 2.75) is 13.3 Å². The lowest BCUT2D eigenvalue weighted by Gasteiger charge is -2.29. The van der Waals surface area contributed by atoms with Gasteiger partial charge in [0.15, 0.2) is 5.78 Å². The Bertz CT molecular complexity index is 1570. The molecule has 0 spiro atoms. The van der Waals surface area contributed by atoms with Gasteiger partial charge in [0.05, 0.1) is 47.6 Å². The van der Waals surface area contributed by atoms with Gasteiger partial charge in [0.1, 0.15) is 17.1 Å². The molecule has 2 aliphatic rings. The number of rotatable bonds is 6. The van der Waals surface area contributed by atoms with Gasteiger partial charge in [-0.05, 0) is 64.3 Å². The van der Waals surface area contributed by atoms with Crippen LogP contribution in [0.4, 0.5) is 11.4 Å². The summed E-state index contributed by atoms with van der Waals surface area (Å²) in [4.78, 5) is 39.1. The number of ether oxygens (including phenoxy) is 2. The van der Waals surface area contributed by atoms with E-state index in [1.807, 2.05) is 13.0 Å². The van der Waals surface area contributed by atoms with Crippen molar-refractivity contribution in [2.75, 3.05) is 49.7 Å². The molecule has 190 valence electrons. The highest BCUT2D eigenvalue weighted by Gasteiger charge is 2.21. The molecular formula is C27H26BrN5O4. The van der Waals surface area contributed by atoms with Crippen molar-refractivity contribution < 1.29 is 14.3 Å². The van der Waals surface area contributed by atoms with E-state index < -0.39 is 0 Å². The number of H-pyrrole nitrogens is 2. The number of ketones is 1. The third-order valence-corrected chi connectivity index (χ3v) is 7.42. The molecule has 2 aliphatic heterocycles. The highest BCUT2D eigenvalue weighted by Crippen LogP contribution is 2.35. The summed E-state index contributed by atoms with van der Waals surface area (Å²) in [6, 6.07) is 9.58. The van der Waals surface area contributed by atoms with Crippen molar-refractivity contribution in [2.24, 2.45) is 0 Å². The van der Waals surface area contributed by atoms with Gasteiger partial charge in [-0.25, -0.2) is 4.98 Å². The van der Waals surface area contributed by atoms with Gasteiger partial charge in [0, 0.05) is 37.0 Å². The number of carbonyl (C=O) groups excluding carboxylic acids is 1. The molecule has 2 aromatic carbocycles. The van der Waals surface area contributed by atoms with Gasteiger partial charge in [-0.3, -0.25) is 9.59 Å². The summed E-state index contributed by atoms with van der Waals surface area (Å²) in [5.74, 6) is 1.17. The molecule has 4 heterocycles. The Balaban J connectivity index is 1.29. The molecule has 0 unspecified atom stereocenters. The van der Waals surface area contributed by atoms with E-state index in [4.69, 9.17) is 14.5 Å². The molecule has 1 saturated heterocycles. The normalized spacial score (nSPS) is 15.0. The summed E-state index contributed by atoms with van der Waals surface area (Å²) >= 11 is 3.50. The summed E-state index contributed by atoms with van der Waals surface area (Å²) in [7, 11) is 0. The predicted octanol–water partition coefficient (Wildman–Crippen LogP) is 4.06. The number of fused-ring (bicyclic) bond motifs is 2. The predicted molar refractivity (Wildman–Crippen MR) is 146 cm³/mol. The number of imidazole rings is 1. The lowest BCUT2D eigenvalue weighted by Crippen LogP contribution is -2.36. The molecule has 0 radical (unpaired) electrons. The number of pyridine rings is 1. The molecule has 0 aliphatic carbocycles. The fourth-order valence-corrected chi connectivity index (χ4v) is 5.57. The molecule has 1 fully saturated rings. The summed E-state index contributed by atoms with van der Waals surface area (Å²) in [5.41, 5.74) is 5.99. The fourth-order valence-electron chi connectivity index (χ4n) is 4.95. The zero-order valence-electron chi connectivity index (χ0n) is 20.3. The highest BCUT2D eigenvalue weighted by molar-refractivity contribution is 9.10. The van der Waals surface area contributed by atoms with Crippen molar-refractivity contribution in [3.63, 3.8) is 0 Å². The van der Waals surface area contributed by atoms with E-state index >= 15 is 0 Å². The number of Topliss-reactive ketones (excluding diaryl/α,β-unsaturated/α-hetero) is 1. The van der Waals surface area contributed by atoms with Crippen LogP contribution in [0.25, 0.3) is 22.4 Å². The number of aromatic amines is 2. The Morgan fingerprint density at radius 1 is 1.19 bits per heavy atom. The molecule has 0 saturated carbocycles. The molecule has 0 bridgehead atoms. The average molecular weight is 564 g/mol. The van der Waals surface area contributed by atoms with E-state index in [1.165, 1.54) is 0 Å². The Morgan fingerprint density at radius 3 is 2.86 bits per heavy atom. The van der Waals surface area contributed by atoms with Crippen LogP contribution >= 0.6 is 15.9 Å². The number of nitrogens with zero attached hydrogens (tertiary/aromatic N) is 2. The molecule has 6 rings (SSSR count). The second-order valence-corrected chi connectivity index (χ2v) is 10.1. The Hall–Kier alpha value is -3.63. The summed E-state index contributed by atoms with van der Waals surface area (Å²) in [5, 5.41) is 3.16. The largest absolute Gasteiger partial charge is 0.492 e. The molecule has 2 aromatic heterocycles. The highest BCUT2D eigenvalue weighted by atomic mass is 79.9. The van der Waals surface area contributed by atoms with E-state index in [0.717, 1.165) is 57.6 Å². The summed E-state index contributed by atoms with van der Waals surface area (Å²) < 4.78 is 11.9. The van der Waals surface area contributed by atoms with Crippen LogP contribution in [-0.2, 0) is 11.2 Å². The number of morpholine rings is 1. The van der Waals surface area contributed by atoms with E-state index in [9.17, 15) is 9.59 Å². The van der Waals surface area contributed by atoms with Gasteiger partial charge < -0.3 is 29.7 Å². The van der Waals surface area contributed by atoms with Gasteiger partial charge >= 0.3 is 0 Å². The Morgan fingerprint density at radius 2 is 2.03 bits per heavy atom. The van der Waals surface area contributed by atoms with Gasteiger partial charge in [-0.2, -0.15) is 0 Å². The first-order valence-electron chi connectivity index (χ1n) is 12.3. The number of aryl methyl sites for hydroxylation is 1. The summed E-state index contributed by atoms with van der Waals surface area (Å²) in [6.07, 6.45) is 2.34. The number of carbonyl (C=O) groups is 1. The first-order valence-corrected chi connectivity index (χ1v) is 13.0. The Kier molecular flexibility index (Phi) is 6.21. The Labute approximate surface area is 221 Å². The number of anilines is 2. The number of hydrogen-bond donors (Lipinski definition) is 3. The molecule has 0 amide bonds. The van der Waals surface area contributed by atoms with Crippen LogP contribution in [0.1, 0.15) is 21.5 Å². The molecule has 4 aromatic rings. The van der Waals surface area contributed by atoms with Crippen molar-refractivity contribution in [1.29, 1.82) is 0 Å². The van der Waals surface area contributed by atoms with Gasteiger partial charge in [-0.15, -0.1) is 0 Å². The van der Waals surface area contributed by atoms with Crippen LogP contribution in [0.2, 0.25) is 0 Å². The minimum atomic E-state index is -0.292. The number of aromatic nitrogens is 3. The van der Waals surface area contributed by atoms with Gasteiger partial charge in [-0.1, -0.05) is 0 Å². The maximum atomic E-state index is 13.0. The van der Waals surface area contributed by atoms with Crippen LogP contribution in [0.15, 0.2) is 45.8 Å². The maximum Gasteiger partial charge on any atom is 0.261 e. The minimum absolute atomic E-state index is 0.0307. The fraction of sp³-hybridized carbons (Fsp3) is 0.296. The standard InChI is InChI=1S/C27H26BrN5O4/c1-15-10-18(33-5-8-36-9-6-33)13-21-24(15)32-26(31-21)23-20(2-4-29-27(23)35)30-14-22(34)17-11-16-3-7-37-25(16)19(28)12-17/h2,4,10-13H,3,5-9,14H2,1H3,(H,31,32)(H2,29,30,35). The molecule has 37 heavy (non-hydrogen) atoms. The van der Waals surface area contributed by atoms with Crippen molar-refractivity contribution >= 4 is 44.1 Å². The number of hydrogen-bond acceptors (Lipinski definition) is 7. The number of nitrogens with one attached hydrogen (secondary N) is 3. The lowest BCUT2D eigenvalue weighted by molar-refractivity contribution is 0.101. The molecule has 0 atom stereocenters. The van der Waals surface area contributed by atoms with Crippen molar-refractivity contribution in [3.05, 3.63) is 68.0 Å². The lowest BCUT2D eigenvalue weighted by atomic mass is 10.1. The van der Waals surface area contributed by atoms with Crippen LogP contribution < -0.4 is 20.5 Å². The average Bonchev–Trinajstić information content (AvgIpc) is 3.55. The summed E-state index contributed by atoms with van der Waals surface area (Å²) in [6.45, 7) is 5.74. The van der Waals surface area contributed by atoms with E-state index in [-0.39, 0.29) is 17.9 Å². The van der Waals surface area contributed by atoms with Gasteiger partial charge in [0.25, 0.3) is 5.56 Å². The quantitative estimate of drug-likeness (QED) is 0.303. The molecular weight excluding hydrogens is 538 g/mol. The van der Waals surface area contributed by atoms with E-state index in [1.54, 1.807) is 18.3 Å². The van der Waals surface area contributed by atoms with Crippen molar-refractivity contribution in [1.82, 2.24) is 15.0 Å². The maximum absolute atomic E-state index is 13.0. The number of benzene rings is 2. The first-order chi connectivity index (χ1) is 18.0. The van der Waals surface area contributed by atoms with E-state index in [0.29, 0.717) is 42.5 Å². The zero-order chi connectivity index (χ0) is 25.5. The number of halogens is 1. The third-order valence-electron chi connectivity index (χ3n) is 6.84.